The van der Waals surface area contributed by atoms with E-state index in [1.165, 1.54) is 0 Å². The highest BCUT2D eigenvalue weighted by Gasteiger charge is 2.24. The standard InChI is InChI=1S/C15H25O5P/c1-3-19-21(18,20-4-2)12-14-7-5-6-13(8-14)9-15(10-16)11-17/h5-8,15-17H,3-4,9-12H2,1-2H3. The Labute approximate surface area is 126 Å². The topological polar surface area (TPSA) is 76.0 Å². The summed E-state index contributed by atoms with van der Waals surface area (Å²) in [5.74, 6) is -0.175. The molecule has 0 amide bonds. The van der Waals surface area contributed by atoms with Gasteiger partial charge in [0.25, 0.3) is 0 Å². The maximum atomic E-state index is 12.5. The second-order valence-corrected chi connectivity index (χ2v) is 6.91. The Kier molecular flexibility index (Phi) is 8.15. The highest BCUT2D eigenvalue weighted by atomic mass is 31.2. The largest absolute Gasteiger partial charge is 0.396 e. The number of rotatable bonds is 10. The molecular formula is C15H25O5P. The van der Waals surface area contributed by atoms with E-state index in [2.05, 4.69) is 0 Å². The van der Waals surface area contributed by atoms with Crippen molar-refractivity contribution in [1.82, 2.24) is 0 Å². The van der Waals surface area contributed by atoms with Gasteiger partial charge >= 0.3 is 7.60 Å². The first-order valence-corrected chi connectivity index (χ1v) is 8.97. The van der Waals surface area contributed by atoms with Gasteiger partial charge in [0, 0.05) is 19.1 Å². The maximum Gasteiger partial charge on any atom is 0.335 e. The van der Waals surface area contributed by atoms with Crippen molar-refractivity contribution >= 4 is 7.60 Å². The van der Waals surface area contributed by atoms with Crippen LogP contribution in [0.25, 0.3) is 0 Å². The van der Waals surface area contributed by atoms with E-state index in [-0.39, 0.29) is 25.3 Å². The monoisotopic (exact) mass is 316 g/mol. The van der Waals surface area contributed by atoms with Gasteiger partial charge in [0.2, 0.25) is 0 Å². The van der Waals surface area contributed by atoms with Crippen LogP contribution in [0.5, 0.6) is 0 Å². The summed E-state index contributed by atoms with van der Waals surface area (Å²) < 4.78 is 23.1. The third-order valence-corrected chi connectivity index (χ3v) is 5.12. The third kappa shape index (κ3) is 6.29. The van der Waals surface area contributed by atoms with Crippen molar-refractivity contribution in [3.05, 3.63) is 35.4 Å². The predicted octanol–water partition coefficient (Wildman–Crippen LogP) is 2.60. The zero-order valence-electron chi connectivity index (χ0n) is 12.7. The van der Waals surface area contributed by atoms with E-state index >= 15 is 0 Å². The zero-order valence-corrected chi connectivity index (χ0v) is 13.6. The predicted molar refractivity (Wildman–Crippen MR) is 82.4 cm³/mol. The molecule has 0 unspecified atom stereocenters. The molecule has 0 radical (unpaired) electrons. The van der Waals surface area contributed by atoms with Crippen LogP contribution in [0.2, 0.25) is 0 Å². The minimum Gasteiger partial charge on any atom is -0.396 e. The minimum absolute atomic E-state index is 0.0584. The molecule has 2 N–H and O–H groups in total. The second kappa shape index (κ2) is 9.34. The molecule has 1 rings (SSSR count). The number of hydrogen-bond acceptors (Lipinski definition) is 5. The molecule has 6 heteroatoms. The van der Waals surface area contributed by atoms with Crippen LogP contribution in [-0.4, -0.2) is 36.6 Å². The maximum absolute atomic E-state index is 12.5. The van der Waals surface area contributed by atoms with E-state index in [0.717, 1.165) is 11.1 Å². The van der Waals surface area contributed by atoms with E-state index in [4.69, 9.17) is 19.3 Å². The Morgan fingerprint density at radius 3 is 2.19 bits per heavy atom. The Hall–Kier alpha value is -0.710. The van der Waals surface area contributed by atoms with Crippen LogP contribution in [0.3, 0.4) is 0 Å². The van der Waals surface area contributed by atoms with Gasteiger partial charge in [-0.15, -0.1) is 0 Å². The molecule has 0 saturated carbocycles. The molecule has 120 valence electrons. The fourth-order valence-corrected chi connectivity index (χ4v) is 3.81. The van der Waals surface area contributed by atoms with Crippen LogP contribution in [0.4, 0.5) is 0 Å². The van der Waals surface area contributed by atoms with Crippen LogP contribution in [0, 0.1) is 5.92 Å². The molecule has 0 aliphatic heterocycles. The van der Waals surface area contributed by atoms with Crippen molar-refractivity contribution in [2.75, 3.05) is 26.4 Å². The lowest BCUT2D eigenvalue weighted by Gasteiger charge is -2.17. The van der Waals surface area contributed by atoms with E-state index < -0.39 is 7.60 Å². The quantitative estimate of drug-likeness (QED) is 0.649. The van der Waals surface area contributed by atoms with Gasteiger partial charge in [0.15, 0.2) is 0 Å². The van der Waals surface area contributed by atoms with Gasteiger partial charge in [-0.3, -0.25) is 4.57 Å². The third-order valence-electron chi connectivity index (χ3n) is 3.06. The van der Waals surface area contributed by atoms with Crippen LogP contribution < -0.4 is 0 Å². The van der Waals surface area contributed by atoms with Crippen molar-refractivity contribution in [1.29, 1.82) is 0 Å². The average molecular weight is 316 g/mol. The molecule has 0 aromatic heterocycles. The van der Waals surface area contributed by atoms with Crippen molar-refractivity contribution in [2.24, 2.45) is 5.92 Å². The highest BCUT2D eigenvalue weighted by Crippen LogP contribution is 2.51. The van der Waals surface area contributed by atoms with Crippen LogP contribution in [0.1, 0.15) is 25.0 Å². The normalized spacial score (nSPS) is 12.0. The molecule has 21 heavy (non-hydrogen) atoms. The summed E-state index contributed by atoms with van der Waals surface area (Å²) in [6.45, 7) is 4.14. The van der Waals surface area contributed by atoms with Crippen molar-refractivity contribution < 1.29 is 23.8 Å². The Balaban J connectivity index is 2.81. The molecule has 0 saturated heterocycles. The first kappa shape index (κ1) is 18.3. The SMILES string of the molecule is CCOP(=O)(Cc1cccc(CC(CO)CO)c1)OCC. The van der Waals surface area contributed by atoms with E-state index in [1.807, 2.05) is 24.3 Å². The molecule has 5 nitrogen and oxygen atoms in total. The molecule has 0 bridgehead atoms. The number of hydrogen-bond donors (Lipinski definition) is 2. The summed E-state index contributed by atoms with van der Waals surface area (Å²) in [5.41, 5.74) is 1.85. The second-order valence-electron chi connectivity index (χ2n) is 4.86. The van der Waals surface area contributed by atoms with Gasteiger partial charge in [-0.05, 0) is 31.4 Å². The first-order chi connectivity index (χ1) is 10.1. The summed E-state index contributed by atoms with van der Waals surface area (Å²) in [6.07, 6.45) is 0.805. The highest BCUT2D eigenvalue weighted by molar-refractivity contribution is 7.53. The molecule has 0 aliphatic rings. The lowest BCUT2D eigenvalue weighted by atomic mass is 10.00. The molecule has 0 fully saturated rings. The van der Waals surface area contributed by atoms with E-state index in [1.54, 1.807) is 13.8 Å². The first-order valence-electron chi connectivity index (χ1n) is 7.24. The van der Waals surface area contributed by atoms with Gasteiger partial charge in [0.05, 0.1) is 19.4 Å². The Morgan fingerprint density at radius 2 is 1.67 bits per heavy atom. The van der Waals surface area contributed by atoms with E-state index in [9.17, 15) is 4.57 Å². The number of aliphatic hydroxyl groups is 2. The van der Waals surface area contributed by atoms with Gasteiger partial charge < -0.3 is 19.3 Å². The van der Waals surface area contributed by atoms with Crippen molar-refractivity contribution in [2.45, 2.75) is 26.4 Å². The molecule has 0 atom stereocenters. The summed E-state index contributed by atoms with van der Waals surface area (Å²) >= 11 is 0. The average Bonchev–Trinajstić information content (AvgIpc) is 2.45. The molecule has 0 heterocycles. The van der Waals surface area contributed by atoms with Crippen LogP contribution in [0.15, 0.2) is 24.3 Å². The summed E-state index contributed by atoms with van der Waals surface area (Å²) in [4.78, 5) is 0. The molecule has 1 aromatic rings. The molecular weight excluding hydrogens is 291 g/mol. The molecule has 0 spiro atoms. The fourth-order valence-electron chi connectivity index (χ4n) is 2.12. The summed E-state index contributed by atoms with van der Waals surface area (Å²) in [6, 6.07) is 7.59. The Morgan fingerprint density at radius 1 is 1.10 bits per heavy atom. The van der Waals surface area contributed by atoms with Gasteiger partial charge in [0.1, 0.15) is 0 Å². The van der Waals surface area contributed by atoms with Crippen LogP contribution >= 0.6 is 7.60 Å². The molecule has 0 aliphatic carbocycles. The Bertz CT molecular complexity index is 449. The summed E-state index contributed by atoms with van der Waals surface area (Å²) in [7, 11) is -3.11. The molecule has 1 aromatic carbocycles. The van der Waals surface area contributed by atoms with Crippen molar-refractivity contribution in [3.8, 4) is 0 Å². The van der Waals surface area contributed by atoms with Gasteiger partial charge in [-0.2, -0.15) is 0 Å². The fraction of sp³-hybridized carbons (Fsp3) is 0.600. The zero-order chi connectivity index (χ0) is 15.7. The lowest BCUT2D eigenvalue weighted by Crippen LogP contribution is -2.14. The lowest BCUT2D eigenvalue weighted by molar-refractivity contribution is 0.150. The number of aliphatic hydroxyl groups excluding tert-OH is 2. The number of benzene rings is 1. The van der Waals surface area contributed by atoms with Crippen LogP contribution in [-0.2, 0) is 26.2 Å². The van der Waals surface area contributed by atoms with Gasteiger partial charge in [-0.1, -0.05) is 24.3 Å². The van der Waals surface area contributed by atoms with Crippen molar-refractivity contribution in [3.63, 3.8) is 0 Å². The van der Waals surface area contributed by atoms with E-state index in [0.29, 0.717) is 19.6 Å². The smallest absolute Gasteiger partial charge is 0.335 e. The van der Waals surface area contributed by atoms with Gasteiger partial charge in [-0.25, -0.2) is 0 Å². The summed E-state index contributed by atoms with van der Waals surface area (Å²) in [5, 5.41) is 18.3. The minimum atomic E-state index is -3.11.